The lowest BCUT2D eigenvalue weighted by atomic mass is 9.81. The van der Waals surface area contributed by atoms with Crippen LogP contribution in [0.5, 0.6) is 0 Å². The first-order valence-electron chi connectivity index (χ1n) is 20.9. The molecule has 0 aliphatic heterocycles. The van der Waals surface area contributed by atoms with Gasteiger partial charge in [0.2, 0.25) is 0 Å². The van der Waals surface area contributed by atoms with Crippen molar-refractivity contribution in [1.82, 2.24) is 0 Å². The average Bonchev–Trinajstić information content (AvgIpc) is 3.82. The first-order chi connectivity index (χ1) is 28.0. The second-order valence-corrected chi connectivity index (χ2v) is 20.5. The number of rotatable bonds is 5. The lowest BCUT2D eigenvalue weighted by Gasteiger charge is -2.23. The van der Waals surface area contributed by atoms with E-state index in [0.29, 0.717) is 0 Å². The average molecular weight is 787 g/mol. The van der Waals surface area contributed by atoms with Crippen molar-refractivity contribution in [3.05, 3.63) is 177 Å². The summed E-state index contributed by atoms with van der Waals surface area (Å²) < 4.78 is 2.70. The van der Waals surface area contributed by atoms with Gasteiger partial charge in [-0.25, -0.2) is 0 Å². The van der Waals surface area contributed by atoms with Gasteiger partial charge in [0.1, 0.15) is 0 Å². The molecule has 0 unspecified atom stereocenters. The van der Waals surface area contributed by atoms with Gasteiger partial charge in [-0.15, -0.1) is 22.7 Å². The first-order valence-corrected chi connectivity index (χ1v) is 22.6. The van der Waals surface area contributed by atoms with Crippen molar-refractivity contribution in [2.24, 2.45) is 0 Å². The maximum absolute atomic E-state index is 2.50. The number of hydrogen-bond donors (Lipinski definition) is 0. The van der Waals surface area contributed by atoms with Crippen LogP contribution in [0.1, 0.15) is 92.0 Å². The lowest BCUT2D eigenvalue weighted by molar-refractivity contribution is 0.590. The van der Waals surface area contributed by atoms with E-state index in [2.05, 4.69) is 187 Å². The molecule has 286 valence electrons. The number of benzene rings is 6. The van der Waals surface area contributed by atoms with Crippen molar-refractivity contribution in [2.45, 2.75) is 78.1 Å². The summed E-state index contributed by atoms with van der Waals surface area (Å²) >= 11 is 3.94. The molecule has 0 amide bonds. The lowest BCUT2D eigenvalue weighted by Crippen LogP contribution is -2.12. The summed E-state index contributed by atoms with van der Waals surface area (Å²) in [6.07, 6.45) is 11.8. The van der Waals surface area contributed by atoms with Gasteiger partial charge in [0.15, 0.2) is 0 Å². The Bertz CT molecular complexity index is 2940. The predicted molar refractivity (Wildman–Crippen MR) is 256 cm³/mol. The number of allylic oxidation sites excluding steroid dienone is 2. The highest BCUT2D eigenvalue weighted by Gasteiger charge is 2.25. The number of hydrogen-bond acceptors (Lipinski definition) is 2. The smallest absolute Gasteiger partial charge is 0.0433 e. The summed E-state index contributed by atoms with van der Waals surface area (Å²) in [6.45, 7) is 14.0. The molecule has 0 saturated heterocycles. The van der Waals surface area contributed by atoms with Gasteiger partial charge >= 0.3 is 0 Å². The van der Waals surface area contributed by atoms with Gasteiger partial charge in [0.05, 0.1) is 0 Å². The second kappa shape index (κ2) is 14.2. The highest BCUT2D eigenvalue weighted by molar-refractivity contribution is 7.26. The Kier molecular flexibility index (Phi) is 9.08. The fourth-order valence-electron chi connectivity index (χ4n) is 8.97. The summed E-state index contributed by atoms with van der Waals surface area (Å²) in [6, 6.07) is 48.6. The van der Waals surface area contributed by atoms with E-state index in [4.69, 9.17) is 0 Å². The van der Waals surface area contributed by atoms with Gasteiger partial charge in [-0.1, -0.05) is 163 Å². The molecule has 2 heterocycles. The molecule has 0 nitrogen and oxygen atoms in total. The van der Waals surface area contributed by atoms with E-state index in [1.54, 1.807) is 10.4 Å². The Morgan fingerprint density at radius 2 is 1.09 bits per heavy atom. The fourth-order valence-corrected chi connectivity index (χ4v) is 11.6. The van der Waals surface area contributed by atoms with Crippen LogP contribution in [0.4, 0.5) is 0 Å². The van der Waals surface area contributed by atoms with Crippen molar-refractivity contribution in [3.8, 4) is 44.5 Å². The zero-order valence-corrected chi connectivity index (χ0v) is 36.1. The third-order valence-corrected chi connectivity index (χ3v) is 14.9. The molecule has 0 fully saturated rings. The Morgan fingerprint density at radius 3 is 1.84 bits per heavy atom. The Balaban J connectivity index is 1.01. The largest absolute Gasteiger partial charge is 0.139 e. The van der Waals surface area contributed by atoms with Crippen LogP contribution in [0.3, 0.4) is 0 Å². The minimum atomic E-state index is 0.0136. The Labute approximate surface area is 352 Å². The number of thiophene rings is 2. The Hall–Kier alpha value is -5.28. The van der Waals surface area contributed by atoms with Gasteiger partial charge in [-0.3, -0.25) is 0 Å². The van der Waals surface area contributed by atoms with Crippen LogP contribution in [0.2, 0.25) is 0 Å². The summed E-state index contributed by atoms with van der Waals surface area (Å²) in [7, 11) is 0. The molecular weight excluding hydrogens is 737 g/mol. The molecule has 2 aliphatic rings. The molecule has 2 aromatic heterocycles. The van der Waals surface area contributed by atoms with Gasteiger partial charge in [-0.2, -0.15) is 0 Å². The van der Waals surface area contributed by atoms with Crippen molar-refractivity contribution in [3.63, 3.8) is 0 Å². The van der Waals surface area contributed by atoms with E-state index in [1.807, 2.05) is 22.7 Å². The highest BCUT2D eigenvalue weighted by atomic mass is 32.1. The zero-order chi connectivity index (χ0) is 39.8. The van der Waals surface area contributed by atoms with Crippen LogP contribution in [-0.4, -0.2) is 0 Å². The van der Waals surface area contributed by atoms with Crippen molar-refractivity contribution in [2.75, 3.05) is 0 Å². The van der Waals surface area contributed by atoms with Crippen LogP contribution >= 0.6 is 22.7 Å². The SMILES string of the molecule is CC(C)(C)c1cc(C2=CCCc3c2sc2c3C=CCC2)cc(-c2cccc(-c3ccc(-c4cc(-c5cccc6c5sc5ccccc56)cc(C(C)(C)C)c4)cc3)c2)c1. The van der Waals surface area contributed by atoms with Gasteiger partial charge < -0.3 is 0 Å². The van der Waals surface area contributed by atoms with Crippen LogP contribution in [0.25, 0.3) is 76.3 Å². The summed E-state index contributed by atoms with van der Waals surface area (Å²) in [5.74, 6) is 0. The van der Waals surface area contributed by atoms with E-state index in [-0.39, 0.29) is 10.8 Å². The van der Waals surface area contributed by atoms with E-state index >= 15 is 0 Å². The van der Waals surface area contributed by atoms with Crippen molar-refractivity contribution in [1.29, 1.82) is 0 Å². The third-order valence-electron chi connectivity index (χ3n) is 12.3. The minimum Gasteiger partial charge on any atom is -0.139 e. The number of aryl methyl sites for hydroxylation is 1. The molecule has 10 rings (SSSR count). The van der Waals surface area contributed by atoms with Gasteiger partial charge in [0.25, 0.3) is 0 Å². The summed E-state index contributed by atoms with van der Waals surface area (Å²) in [4.78, 5) is 3.06. The van der Waals surface area contributed by atoms with E-state index in [0.717, 1.165) is 19.3 Å². The zero-order valence-electron chi connectivity index (χ0n) is 34.5. The third kappa shape index (κ3) is 6.71. The normalized spacial score (nSPS) is 14.1. The Morgan fingerprint density at radius 1 is 0.483 bits per heavy atom. The van der Waals surface area contributed by atoms with E-state index in [9.17, 15) is 0 Å². The minimum absolute atomic E-state index is 0.0136. The van der Waals surface area contributed by atoms with E-state index < -0.39 is 0 Å². The summed E-state index contributed by atoms with van der Waals surface area (Å²) in [5, 5.41) is 2.68. The van der Waals surface area contributed by atoms with E-state index in [1.165, 1.54) is 104 Å². The molecule has 0 bridgehead atoms. The second-order valence-electron chi connectivity index (χ2n) is 18.4. The molecule has 2 aliphatic carbocycles. The highest BCUT2D eigenvalue weighted by Crippen LogP contribution is 2.46. The molecular formula is C56H50S2. The molecule has 2 heteroatoms. The maximum atomic E-state index is 2.50. The fraction of sp³-hybridized carbons (Fsp3) is 0.214. The van der Waals surface area contributed by atoms with Crippen LogP contribution in [0, 0.1) is 0 Å². The predicted octanol–water partition coefficient (Wildman–Crippen LogP) is 16.7. The van der Waals surface area contributed by atoms with Crippen LogP contribution in [-0.2, 0) is 23.7 Å². The van der Waals surface area contributed by atoms with Crippen molar-refractivity contribution >= 4 is 54.5 Å². The molecule has 8 aromatic rings. The van der Waals surface area contributed by atoms with Gasteiger partial charge in [-0.05, 0) is 139 Å². The summed E-state index contributed by atoms with van der Waals surface area (Å²) in [5.41, 5.74) is 18.7. The topological polar surface area (TPSA) is 0 Å². The molecule has 0 radical (unpaired) electrons. The maximum Gasteiger partial charge on any atom is 0.0433 e. The first kappa shape index (κ1) is 37.0. The molecule has 0 spiro atoms. The standard InChI is InChI=1S/C56H50S2/c1-55(2,3)43-31-39(29-41(33-43)45-18-12-20-49-47-16-7-9-22-51(47)57-53(45)49)36-26-24-35(25-27-36)37-14-11-15-38(28-37)40-30-42(34-44(32-40)56(4,5)6)46-19-13-21-50-48-17-8-10-23-52(48)58-54(46)50/h7-9,11-12,14-20,22,24-34H,10,13,21,23H2,1-6H3. The molecule has 58 heavy (non-hydrogen) atoms. The number of fused-ring (bicyclic) bond motifs is 6. The molecule has 0 atom stereocenters. The quantitative estimate of drug-likeness (QED) is 0.163. The van der Waals surface area contributed by atoms with Gasteiger partial charge in [0, 0.05) is 29.9 Å². The van der Waals surface area contributed by atoms with Crippen LogP contribution in [0.15, 0.2) is 140 Å². The molecule has 0 N–H and O–H groups in total. The molecule has 0 saturated carbocycles. The van der Waals surface area contributed by atoms with Crippen molar-refractivity contribution < 1.29 is 0 Å². The van der Waals surface area contributed by atoms with Crippen LogP contribution < -0.4 is 0 Å². The molecule has 6 aromatic carbocycles. The monoisotopic (exact) mass is 786 g/mol.